The number of aliphatic hydroxyl groups is 1. The fraction of sp³-hybridized carbons (Fsp3) is 0.750. The summed E-state index contributed by atoms with van der Waals surface area (Å²) < 4.78 is 24.4. The molecule has 1 heterocycles. The fourth-order valence-corrected chi connectivity index (χ4v) is 4.53. The van der Waals surface area contributed by atoms with Crippen LogP contribution in [0.25, 0.3) is 0 Å². The number of rotatable bonds is 10. The number of nitrogens with zero attached hydrogens (tertiary/aromatic N) is 2. The minimum atomic E-state index is -5.35. The van der Waals surface area contributed by atoms with Crippen LogP contribution in [0.2, 0.25) is 0 Å². The third-order valence-electron chi connectivity index (χ3n) is 3.62. The largest absolute Gasteiger partial charge is 0.369 e. The highest BCUT2D eigenvalue weighted by Gasteiger charge is 2.58. The lowest BCUT2D eigenvalue weighted by Gasteiger charge is -2.29. The Kier molecular flexibility index (Phi) is 7.16. The van der Waals surface area contributed by atoms with Crippen LogP contribution in [0.15, 0.2) is 12.4 Å². The van der Waals surface area contributed by atoms with E-state index in [1.165, 1.54) is 0 Å². The van der Waals surface area contributed by atoms with Crippen molar-refractivity contribution in [3.8, 4) is 0 Å². The maximum Gasteiger partial charge on any atom is 0.369 e. The van der Waals surface area contributed by atoms with E-state index >= 15 is 0 Å². The molecule has 1 aromatic heterocycles. The molecule has 134 valence electrons. The van der Waals surface area contributed by atoms with Crippen molar-refractivity contribution in [2.24, 2.45) is 0 Å². The second kappa shape index (κ2) is 8.03. The Morgan fingerprint density at radius 3 is 2.26 bits per heavy atom. The van der Waals surface area contributed by atoms with Crippen molar-refractivity contribution >= 4 is 15.2 Å². The van der Waals surface area contributed by atoms with Crippen LogP contribution < -0.4 is 0 Å². The zero-order valence-corrected chi connectivity index (χ0v) is 14.7. The highest BCUT2D eigenvalue weighted by molar-refractivity contribution is 7.72. The number of hydrogen-bond acceptors (Lipinski definition) is 4. The molecule has 1 aromatic rings. The summed E-state index contributed by atoms with van der Waals surface area (Å²) in [6.07, 6.45) is 5.89. The molecule has 0 aliphatic heterocycles. The van der Waals surface area contributed by atoms with E-state index in [0.717, 1.165) is 18.7 Å². The Morgan fingerprint density at radius 2 is 1.74 bits per heavy atom. The van der Waals surface area contributed by atoms with Crippen molar-refractivity contribution < 1.29 is 33.8 Å². The van der Waals surface area contributed by atoms with E-state index in [0.29, 0.717) is 19.4 Å². The summed E-state index contributed by atoms with van der Waals surface area (Å²) in [5.41, 5.74) is 0. The number of aryl methyl sites for hydroxylation is 2. The predicted octanol–water partition coefficient (Wildman–Crippen LogP) is 1.40. The molecular weight excluding hydrogens is 346 g/mol. The molecule has 0 fully saturated rings. The van der Waals surface area contributed by atoms with Crippen LogP contribution in [0.5, 0.6) is 0 Å². The van der Waals surface area contributed by atoms with E-state index in [9.17, 15) is 14.2 Å². The van der Waals surface area contributed by atoms with Gasteiger partial charge in [-0.25, -0.2) is 4.98 Å². The monoisotopic (exact) mass is 370 g/mol. The standard InChI is InChI=1S/C12H24N2O7P2/c1-2-6-11-13-8-10-14(11)9-5-3-4-7-12(15,22(16,17)18)23(19,20)21/h8,10,15H,2-7,9H2,1H3,(H2,16,17,18)(H2,19,20,21). The van der Waals surface area contributed by atoms with Gasteiger partial charge in [-0.2, -0.15) is 0 Å². The third-order valence-corrected chi connectivity index (χ3v) is 7.50. The third kappa shape index (κ3) is 5.22. The summed E-state index contributed by atoms with van der Waals surface area (Å²) >= 11 is 0. The molecule has 0 saturated heterocycles. The molecule has 9 nitrogen and oxygen atoms in total. The molecule has 0 bridgehead atoms. The summed E-state index contributed by atoms with van der Waals surface area (Å²) in [5.74, 6) is 0.953. The van der Waals surface area contributed by atoms with E-state index in [-0.39, 0.29) is 6.42 Å². The molecule has 1 rings (SSSR count). The van der Waals surface area contributed by atoms with Crippen molar-refractivity contribution in [1.29, 1.82) is 0 Å². The quantitative estimate of drug-likeness (QED) is 0.306. The van der Waals surface area contributed by atoms with Crippen LogP contribution in [0.3, 0.4) is 0 Å². The normalized spacial score (nSPS) is 13.5. The van der Waals surface area contributed by atoms with E-state index in [1.54, 1.807) is 6.20 Å². The average molecular weight is 370 g/mol. The van der Waals surface area contributed by atoms with Gasteiger partial charge in [-0.3, -0.25) is 9.13 Å². The summed E-state index contributed by atoms with van der Waals surface area (Å²) in [5, 5.41) is 6.44. The van der Waals surface area contributed by atoms with Crippen LogP contribution in [0.4, 0.5) is 0 Å². The molecule has 0 radical (unpaired) electrons. The van der Waals surface area contributed by atoms with Crippen molar-refractivity contribution in [2.45, 2.75) is 57.1 Å². The first-order valence-electron chi connectivity index (χ1n) is 7.36. The Labute approximate surface area is 134 Å². The molecule has 0 aliphatic rings. The molecule has 0 unspecified atom stereocenters. The summed E-state index contributed by atoms with van der Waals surface area (Å²) in [6.45, 7) is 2.70. The van der Waals surface area contributed by atoms with Crippen LogP contribution in [-0.2, 0) is 22.1 Å². The van der Waals surface area contributed by atoms with Crippen molar-refractivity contribution in [2.75, 3.05) is 0 Å². The minimum absolute atomic E-state index is 0.0878. The van der Waals surface area contributed by atoms with Gasteiger partial charge in [-0.05, 0) is 25.7 Å². The summed E-state index contributed by atoms with van der Waals surface area (Å²) in [6, 6.07) is 0. The highest BCUT2D eigenvalue weighted by Crippen LogP contribution is 2.69. The van der Waals surface area contributed by atoms with Crippen molar-refractivity contribution in [3.05, 3.63) is 18.2 Å². The van der Waals surface area contributed by atoms with E-state index in [2.05, 4.69) is 4.98 Å². The number of unbranched alkanes of at least 4 members (excludes halogenated alkanes) is 2. The Balaban J connectivity index is 2.51. The van der Waals surface area contributed by atoms with Gasteiger partial charge in [0, 0.05) is 25.4 Å². The zero-order chi connectivity index (χ0) is 17.7. The Hall–Kier alpha value is -0.530. The highest BCUT2D eigenvalue weighted by atomic mass is 31.2. The predicted molar refractivity (Wildman–Crippen MR) is 83.7 cm³/mol. The van der Waals surface area contributed by atoms with Gasteiger partial charge in [0.2, 0.25) is 0 Å². The summed E-state index contributed by atoms with van der Waals surface area (Å²) in [7, 11) is -10.7. The van der Waals surface area contributed by atoms with Gasteiger partial charge in [0.05, 0.1) is 0 Å². The molecule has 0 spiro atoms. The number of hydrogen-bond donors (Lipinski definition) is 5. The number of aromatic nitrogens is 2. The van der Waals surface area contributed by atoms with E-state index < -0.39 is 26.7 Å². The van der Waals surface area contributed by atoms with Gasteiger partial charge in [-0.1, -0.05) is 13.3 Å². The Bertz CT molecular complexity index is 570. The molecular formula is C12H24N2O7P2. The Morgan fingerprint density at radius 1 is 1.13 bits per heavy atom. The second-order valence-corrected chi connectivity index (χ2v) is 9.47. The zero-order valence-electron chi connectivity index (χ0n) is 12.9. The van der Waals surface area contributed by atoms with Crippen LogP contribution in [0, 0.1) is 0 Å². The van der Waals surface area contributed by atoms with Crippen LogP contribution >= 0.6 is 15.2 Å². The molecule has 0 saturated carbocycles. The van der Waals surface area contributed by atoms with Gasteiger partial charge < -0.3 is 29.2 Å². The first kappa shape index (κ1) is 20.5. The molecule has 0 atom stereocenters. The lowest BCUT2D eigenvalue weighted by molar-refractivity contribution is 0.120. The van der Waals surface area contributed by atoms with Gasteiger partial charge in [0.15, 0.2) is 0 Å². The average Bonchev–Trinajstić information content (AvgIpc) is 2.83. The fourth-order valence-electron chi connectivity index (χ4n) is 2.28. The summed E-state index contributed by atoms with van der Waals surface area (Å²) in [4.78, 5) is 40.3. The molecule has 0 aromatic carbocycles. The molecule has 0 amide bonds. The molecule has 23 heavy (non-hydrogen) atoms. The minimum Gasteiger partial charge on any atom is -0.368 e. The topological polar surface area (TPSA) is 153 Å². The van der Waals surface area contributed by atoms with Crippen molar-refractivity contribution in [3.63, 3.8) is 0 Å². The lowest BCUT2D eigenvalue weighted by atomic mass is 10.2. The first-order chi connectivity index (χ1) is 10.5. The lowest BCUT2D eigenvalue weighted by Crippen LogP contribution is -2.28. The van der Waals surface area contributed by atoms with Gasteiger partial charge in [0.1, 0.15) is 5.82 Å². The van der Waals surface area contributed by atoms with E-state index in [1.807, 2.05) is 17.7 Å². The SMILES string of the molecule is CCCc1nccn1CCCCCC(O)(P(=O)(O)O)P(=O)(O)O. The molecule has 11 heteroatoms. The second-order valence-electron chi connectivity index (χ2n) is 5.46. The van der Waals surface area contributed by atoms with Gasteiger partial charge in [0.25, 0.3) is 5.08 Å². The number of imidazole rings is 1. The smallest absolute Gasteiger partial charge is 0.368 e. The van der Waals surface area contributed by atoms with Crippen LogP contribution in [-0.4, -0.2) is 39.3 Å². The van der Waals surface area contributed by atoms with Gasteiger partial charge in [-0.15, -0.1) is 0 Å². The van der Waals surface area contributed by atoms with Crippen molar-refractivity contribution in [1.82, 2.24) is 9.55 Å². The molecule has 5 N–H and O–H groups in total. The maximum absolute atomic E-state index is 11.2. The maximum atomic E-state index is 11.2. The van der Waals surface area contributed by atoms with E-state index in [4.69, 9.17) is 19.6 Å². The van der Waals surface area contributed by atoms with Crippen LogP contribution in [0.1, 0.15) is 44.9 Å². The van der Waals surface area contributed by atoms with Gasteiger partial charge >= 0.3 is 15.2 Å². The first-order valence-corrected chi connectivity index (χ1v) is 10.6. The molecule has 0 aliphatic carbocycles.